The summed E-state index contributed by atoms with van der Waals surface area (Å²) in [4.78, 5) is 34.3. The van der Waals surface area contributed by atoms with E-state index in [1.165, 1.54) is 13.3 Å². The number of aromatic nitrogens is 2. The van der Waals surface area contributed by atoms with Crippen LogP contribution in [0.25, 0.3) is 0 Å². The average Bonchev–Trinajstić information content (AvgIpc) is 2.63. The quantitative estimate of drug-likeness (QED) is 0.875. The Kier molecular flexibility index (Phi) is 4.84. The van der Waals surface area contributed by atoms with Gasteiger partial charge in [0.15, 0.2) is 5.78 Å². The largest absolute Gasteiger partial charge is 0.341 e. The molecule has 3 rings (SSSR count). The number of carbonyl (C=O) groups excluding carboxylic acids is 2. The molecule has 1 amide bonds. The zero-order valence-electron chi connectivity index (χ0n) is 13.7. The second-order valence-electron chi connectivity index (χ2n) is 5.91. The monoisotopic (exact) mass is 324 g/mol. The first-order valence-corrected chi connectivity index (χ1v) is 8.13. The van der Waals surface area contributed by atoms with Gasteiger partial charge in [-0.15, -0.1) is 0 Å². The van der Waals surface area contributed by atoms with E-state index < -0.39 is 0 Å². The second-order valence-corrected chi connectivity index (χ2v) is 5.91. The fraction of sp³-hybridized carbons (Fsp3) is 0.333. The minimum atomic E-state index is -0.251. The van der Waals surface area contributed by atoms with Crippen molar-refractivity contribution in [3.63, 3.8) is 0 Å². The minimum Gasteiger partial charge on any atom is -0.341 e. The molecule has 0 bridgehead atoms. The summed E-state index contributed by atoms with van der Waals surface area (Å²) < 4.78 is 0. The predicted molar refractivity (Wildman–Crippen MR) is 92.5 cm³/mol. The van der Waals surface area contributed by atoms with E-state index in [4.69, 9.17) is 0 Å². The van der Waals surface area contributed by atoms with E-state index in [0.717, 1.165) is 25.9 Å². The maximum absolute atomic E-state index is 12.2. The number of hydrogen-bond acceptors (Lipinski definition) is 5. The summed E-state index contributed by atoms with van der Waals surface area (Å²) in [7, 11) is 0. The van der Waals surface area contributed by atoms with Crippen LogP contribution < -0.4 is 10.2 Å². The summed E-state index contributed by atoms with van der Waals surface area (Å²) in [5, 5.41) is 2.77. The number of Topliss-reactive ketones (excluding diaryl/α,β-unsaturated/α-hetero) is 1. The molecule has 0 unspecified atom stereocenters. The third kappa shape index (κ3) is 3.76. The van der Waals surface area contributed by atoms with E-state index in [9.17, 15) is 9.59 Å². The van der Waals surface area contributed by atoms with Crippen molar-refractivity contribution in [1.82, 2.24) is 9.97 Å². The van der Waals surface area contributed by atoms with Gasteiger partial charge in [-0.3, -0.25) is 9.59 Å². The Morgan fingerprint density at radius 1 is 0.958 bits per heavy atom. The van der Waals surface area contributed by atoms with E-state index in [2.05, 4.69) is 20.2 Å². The Labute approximate surface area is 140 Å². The molecule has 124 valence electrons. The summed E-state index contributed by atoms with van der Waals surface area (Å²) in [5.74, 6) is 0.432. The van der Waals surface area contributed by atoms with Crippen LogP contribution in [0.1, 0.15) is 46.9 Å². The van der Waals surface area contributed by atoms with Crippen molar-refractivity contribution in [2.24, 2.45) is 0 Å². The summed E-state index contributed by atoms with van der Waals surface area (Å²) in [6.45, 7) is 3.46. The van der Waals surface area contributed by atoms with Gasteiger partial charge < -0.3 is 10.2 Å². The molecule has 1 aromatic heterocycles. The van der Waals surface area contributed by atoms with Gasteiger partial charge in [0.05, 0.1) is 18.1 Å². The number of benzene rings is 1. The predicted octanol–water partition coefficient (Wildman–Crippen LogP) is 2.92. The minimum absolute atomic E-state index is 0.0244. The van der Waals surface area contributed by atoms with Gasteiger partial charge in [-0.05, 0) is 38.3 Å². The first kappa shape index (κ1) is 16.1. The van der Waals surface area contributed by atoms with Crippen LogP contribution >= 0.6 is 0 Å². The Hall–Kier alpha value is -2.76. The van der Waals surface area contributed by atoms with Crippen LogP contribution in [0.4, 0.5) is 11.6 Å². The van der Waals surface area contributed by atoms with Gasteiger partial charge in [0.25, 0.3) is 5.91 Å². The van der Waals surface area contributed by atoms with Gasteiger partial charge in [-0.2, -0.15) is 0 Å². The highest BCUT2D eigenvalue weighted by Gasteiger charge is 2.13. The number of piperidine rings is 1. The molecule has 6 nitrogen and oxygen atoms in total. The standard InChI is InChI=1S/C18H20N4O2/c1-13(23)14-5-7-15(8-6-14)17(24)21-16-11-19-18(20-12-16)22-9-3-2-4-10-22/h5-8,11-12H,2-4,9-10H2,1H3,(H,21,24). The van der Waals surface area contributed by atoms with Gasteiger partial charge in [-0.25, -0.2) is 9.97 Å². The highest BCUT2D eigenvalue weighted by molar-refractivity contribution is 6.04. The van der Waals surface area contributed by atoms with Crippen LogP contribution in [0.3, 0.4) is 0 Å². The van der Waals surface area contributed by atoms with E-state index >= 15 is 0 Å². The molecule has 2 aromatic rings. The molecular weight excluding hydrogens is 304 g/mol. The molecule has 0 atom stereocenters. The molecule has 6 heteroatoms. The molecule has 1 N–H and O–H groups in total. The van der Waals surface area contributed by atoms with Crippen molar-refractivity contribution in [3.05, 3.63) is 47.8 Å². The van der Waals surface area contributed by atoms with Gasteiger partial charge in [0, 0.05) is 24.2 Å². The summed E-state index contributed by atoms with van der Waals surface area (Å²) in [6.07, 6.45) is 6.83. The topological polar surface area (TPSA) is 75.2 Å². The number of anilines is 2. The molecule has 0 spiro atoms. The number of hydrogen-bond donors (Lipinski definition) is 1. The van der Waals surface area contributed by atoms with Crippen molar-refractivity contribution in [2.75, 3.05) is 23.3 Å². The summed E-state index contributed by atoms with van der Waals surface area (Å²) in [5.41, 5.74) is 1.62. The lowest BCUT2D eigenvalue weighted by Crippen LogP contribution is -2.30. The molecule has 1 aliphatic rings. The Morgan fingerprint density at radius 3 is 2.12 bits per heavy atom. The Morgan fingerprint density at radius 2 is 1.54 bits per heavy atom. The van der Waals surface area contributed by atoms with Crippen molar-refractivity contribution in [2.45, 2.75) is 26.2 Å². The van der Waals surface area contributed by atoms with Crippen molar-refractivity contribution < 1.29 is 9.59 Å². The molecular formula is C18H20N4O2. The number of nitrogens with one attached hydrogen (secondary N) is 1. The number of amides is 1. The Balaban J connectivity index is 1.64. The third-order valence-electron chi connectivity index (χ3n) is 4.09. The Bertz CT molecular complexity index is 720. The van der Waals surface area contributed by atoms with Crippen LogP contribution in [-0.2, 0) is 0 Å². The van der Waals surface area contributed by atoms with Gasteiger partial charge >= 0.3 is 0 Å². The smallest absolute Gasteiger partial charge is 0.255 e. The first-order valence-electron chi connectivity index (χ1n) is 8.13. The summed E-state index contributed by atoms with van der Waals surface area (Å²) >= 11 is 0. The third-order valence-corrected chi connectivity index (χ3v) is 4.09. The second kappa shape index (κ2) is 7.21. The van der Waals surface area contributed by atoms with Crippen molar-refractivity contribution in [3.8, 4) is 0 Å². The van der Waals surface area contributed by atoms with E-state index in [1.807, 2.05) is 0 Å². The molecule has 0 aliphatic carbocycles. The van der Waals surface area contributed by atoms with E-state index in [0.29, 0.717) is 22.8 Å². The van der Waals surface area contributed by atoms with Crippen LogP contribution in [0.15, 0.2) is 36.7 Å². The van der Waals surface area contributed by atoms with E-state index in [1.54, 1.807) is 36.7 Å². The molecule has 2 heterocycles. The highest BCUT2D eigenvalue weighted by Crippen LogP contribution is 2.16. The molecule has 1 aromatic carbocycles. The molecule has 24 heavy (non-hydrogen) atoms. The number of carbonyl (C=O) groups is 2. The van der Waals surface area contributed by atoms with Crippen LogP contribution in [0.2, 0.25) is 0 Å². The average molecular weight is 324 g/mol. The van der Waals surface area contributed by atoms with Crippen molar-refractivity contribution >= 4 is 23.3 Å². The van der Waals surface area contributed by atoms with Gasteiger partial charge in [0.2, 0.25) is 5.95 Å². The maximum Gasteiger partial charge on any atom is 0.255 e. The molecule has 0 saturated carbocycles. The van der Waals surface area contributed by atoms with Gasteiger partial charge in [-0.1, -0.05) is 12.1 Å². The fourth-order valence-electron chi connectivity index (χ4n) is 2.70. The normalized spacial score (nSPS) is 14.3. The van der Waals surface area contributed by atoms with Crippen LogP contribution in [0, 0.1) is 0 Å². The molecule has 0 radical (unpaired) electrons. The zero-order chi connectivity index (χ0) is 16.9. The SMILES string of the molecule is CC(=O)c1ccc(C(=O)Nc2cnc(N3CCCCC3)nc2)cc1. The summed E-state index contributed by atoms with van der Waals surface area (Å²) in [6, 6.07) is 6.56. The van der Waals surface area contributed by atoms with Crippen LogP contribution in [0.5, 0.6) is 0 Å². The fourth-order valence-corrected chi connectivity index (χ4v) is 2.70. The van der Waals surface area contributed by atoms with Crippen LogP contribution in [-0.4, -0.2) is 34.7 Å². The van der Waals surface area contributed by atoms with E-state index in [-0.39, 0.29) is 11.7 Å². The molecule has 1 saturated heterocycles. The lowest BCUT2D eigenvalue weighted by atomic mass is 10.1. The van der Waals surface area contributed by atoms with Gasteiger partial charge in [0.1, 0.15) is 0 Å². The zero-order valence-corrected chi connectivity index (χ0v) is 13.7. The number of nitrogens with zero attached hydrogens (tertiary/aromatic N) is 3. The lowest BCUT2D eigenvalue weighted by Gasteiger charge is -2.26. The molecule has 1 aliphatic heterocycles. The number of rotatable bonds is 4. The number of ketones is 1. The maximum atomic E-state index is 12.2. The first-order chi connectivity index (χ1) is 11.6. The van der Waals surface area contributed by atoms with Crippen molar-refractivity contribution in [1.29, 1.82) is 0 Å². The molecule has 1 fully saturated rings. The highest BCUT2D eigenvalue weighted by atomic mass is 16.1. The lowest BCUT2D eigenvalue weighted by molar-refractivity contribution is 0.100.